The van der Waals surface area contributed by atoms with E-state index in [-0.39, 0.29) is 19.4 Å². The van der Waals surface area contributed by atoms with Crippen molar-refractivity contribution in [3.63, 3.8) is 0 Å². The summed E-state index contributed by atoms with van der Waals surface area (Å²) in [7, 11) is 0. The number of esters is 2. The van der Waals surface area contributed by atoms with Crippen molar-refractivity contribution in [2.24, 2.45) is 0 Å². The number of aliphatic carboxylic acids is 1. The fraction of sp³-hybridized carbons (Fsp3) is 0.784. The fourth-order valence-corrected chi connectivity index (χ4v) is 7.23. The smallest absolute Gasteiger partial charge is 0.335 e. The van der Waals surface area contributed by atoms with E-state index in [2.05, 4.69) is 62.5 Å². The van der Waals surface area contributed by atoms with Crippen molar-refractivity contribution in [1.29, 1.82) is 0 Å². The summed E-state index contributed by atoms with van der Waals surface area (Å²) in [6, 6.07) is 0. The minimum Gasteiger partial charge on any atom is -0.479 e. The second kappa shape index (κ2) is 40.9. The molecule has 1 aliphatic heterocycles. The van der Waals surface area contributed by atoms with E-state index in [1.54, 1.807) is 0 Å². The van der Waals surface area contributed by atoms with Crippen LogP contribution in [0.15, 0.2) is 48.6 Å². The molecule has 0 bridgehead atoms. The molecule has 358 valence electrons. The lowest BCUT2D eigenvalue weighted by atomic mass is 9.99. The average Bonchev–Trinajstić information content (AvgIpc) is 3.26. The number of aliphatic hydroxyl groups excluding tert-OH is 3. The number of rotatable bonds is 41. The van der Waals surface area contributed by atoms with E-state index in [1.165, 1.54) is 96.3 Å². The first-order chi connectivity index (χ1) is 30.2. The Labute approximate surface area is 375 Å². The van der Waals surface area contributed by atoms with E-state index in [9.17, 15) is 34.8 Å². The number of hydrogen-bond acceptors (Lipinski definition) is 10. The number of unbranched alkanes of at least 4 members (excludes halogenated alkanes) is 22. The molecule has 62 heavy (non-hydrogen) atoms. The number of ether oxygens (including phenoxy) is 4. The van der Waals surface area contributed by atoms with Crippen LogP contribution in [-0.2, 0) is 33.3 Å². The molecule has 1 aliphatic rings. The number of hydrogen-bond donors (Lipinski definition) is 4. The highest BCUT2D eigenvalue weighted by Gasteiger charge is 2.47. The standard InChI is InChI=1S/C51H88O11/c1-3-5-7-9-11-13-15-17-19-21-23-25-27-29-31-33-35-37-39-44(52)59-41-43(42-60-51-48(56)46(54)47(55)49(62-51)50(57)58)61-45(53)40-38-36-34-32-30-28-26-24-22-20-18-16-14-12-10-8-6-4-2/h13-16,19-22,43,46-49,51,54-56H,3-12,17-18,23-42H2,1-2H3,(H,57,58)/b15-13-,16-14-,21-19-,22-20-. The molecular weight excluding hydrogens is 789 g/mol. The van der Waals surface area contributed by atoms with Crippen molar-refractivity contribution < 1.29 is 53.8 Å². The largest absolute Gasteiger partial charge is 0.479 e. The summed E-state index contributed by atoms with van der Waals surface area (Å²) < 4.78 is 21.8. The summed E-state index contributed by atoms with van der Waals surface area (Å²) in [6.07, 6.45) is 40.1. The number of aliphatic hydroxyl groups is 3. The SMILES string of the molecule is CCCCCC/C=C\C/C=C\CCCCCCCCCC(=O)OCC(COC1OC(C(=O)O)C(O)C(O)C1O)OC(=O)CCCCCCCCC/C=C\C/C=C\CCCCCC. The van der Waals surface area contributed by atoms with Gasteiger partial charge in [-0.1, -0.05) is 165 Å². The first-order valence-electron chi connectivity index (χ1n) is 24.7. The molecule has 1 saturated heterocycles. The molecule has 1 rings (SSSR count). The highest BCUT2D eigenvalue weighted by atomic mass is 16.7. The second-order valence-electron chi connectivity index (χ2n) is 16.9. The molecule has 6 atom stereocenters. The predicted octanol–water partition coefficient (Wildman–Crippen LogP) is 11.3. The van der Waals surface area contributed by atoms with Crippen LogP contribution in [0.3, 0.4) is 0 Å². The van der Waals surface area contributed by atoms with E-state index in [0.717, 1.165) is 70.6 Å². The zero-order valence-electron chi connectivity index (χ0n) is 38.9. The van der Waals surface area contributed by atoms with Gasteiger partial charge >= 0.3 is 17.9 Å². The third-order valence-corrected chi connectivity index (χ3v) is 11.2. The van der Waals surface area contributed by atoms with Crippen molar-refractivity contribution in [3.05, 3.63) is 48.6 Å². The topological polar surface area (TPSA) is 169 Å². The molecule has 0 aromatic heterocycles. The van der Waals surface area contributed by atoms with E-state index < -0.39 is 61.3 Å². The predicted molar refractivity (Wildman–Crippen MR) is 248 cm³/mol. The van der Waals surface area contributed by atoms with Crippen LogP contribution in [0.5, 0.6) is 0 Å². The van der Waals surface area contributed by atoms with Gasteiger partial charge in [-0.25, -0.2) is 4.79 Å². The molecule has 0 spiro atoms. The number of carbonyl (C=O) groups excluding carboxylic acids is 2. The molecule has 11 heteroatoms. The van der Waals surface area contributed by atoms with Crippen molar-refractivity contribution >= 4 is 17.9 Å². The van der Waals surface area contributed by atoms with Crippen LogP contribution in [-0.4, -0.2) is 88.4 Å². The summed E-state index contributed by atoms with van der Waals surface area (Å²) in [5.41, 5.74) is 0. The lowest BCUT2D eigenvalue weighted by molar-refractivity contribution is -0.298. The molecule has 1 heterocycles. The summed E-state index contributed by atoms with van der Waals surface area (Å²) in [4.78, 5) is 36.9. The molecule has 4 N–H and O–H groups in total. The van der Waals surface area contributed by atoms with E-state index >= 15 is 0 Å². The third-order valence-electron chi connectivity index (χ3n) is 11.2. The van der Waals surface area contributed by atoms with Crippen LogP contribution >= 0.6 is 0 Å². The van der Waals surface area contributed by atoms with Crippen molar-refractivity contribution in [3.8, 4) is 0 Å². The Kier molecular flexibility index (Phi) is 37.7. The maximum Gasteiger partial charge on any atom is 0.335 e. The highest BCUT2D eigenvalue weighted by Crippen LogP contribution is 2.23. The Morgan fingerprint density at radius 2 is 0.903 bits per heavy atom. The van der Waals surface area contributed by atoms with Gasteiger partial charge in [0.05, 0.1) is 6.61 Å². The molecule has 6 unspecified atom stereocenters. The quantitative estimate of drug-likeness (QED) is 0.0262. The van der Waals surface area contributed by atoms with E-state index in [4.69, 9.17) is 18.9 Å². The molecule has 0 radical (unpaired) electrons. The molecular formula is C51H88O11. The molecule has 0 saturated carbocycles. The maximum absolute atomic E-state index is 12.8. The van der Waals surface area contributed by atoms with Gasteiger partial charge in [0.15, 0.2) is 18.5 Å². The average molecular weight is 877 g/mol. The van der Waals surface area contributed by atoms with Gasteiger partial charge in [-0.05, 0) is 77.0 Å². The second-order valence-corrected chi connectivity index (χ2v) is 16.9. The molecule has 0 amide bonds. The van der Waals surface area contributed by atoms with Crippen molar-refractivity contribution in [2.45, 2.75) is 243 Å². The normalized spacial score (nSPS) is 19.9. The van der Waals surface area contributed by atoms with E-state index in [1.807, 2.05) is 0 Å². The van der Waals surface area contributed by atoms with Gasteiger partial charge in [-0.2, -0.15) is 0 Å². The molecule has 1 fully saturated rings. The zero-order valence-corrected chi connectivity index (χ0v) is 38.9. The fourth-order valence-electron chi connectivity index (χ4n) is 7.23. The molecule has 0 aromatic carbocycles. The summed E-state index contributed by atoms with van der Waals surface area (Å²) >= 11 is 0. The zero-order chi connectivity index (χ0) is 45.3. The summed E-state index contributed by atoms with van der Waals surface area (Å²) in [5.74, 6) is -2.46. The Morgan fingerprint density at radius 3 is 1.34 bits per heavy atom. The van der Waals surface area contributed by atoms with Crippen LogP contribution in [0.25, 0.3) is 0 Å². The van der Waals surface area contributed by atoms with Gasteiger partial charge < -0.3 is 39.4 Å². The number of allylic oxidation sites excluding steroid dienone is 8. The highest BCUT2D eigenvalue weighted by molar-refractivity contribution is 5.73. The first kappa shape index (κ1) is 57.2. The Hall–Kier alpha value is -2.83. The maximum atomic E-state index is 12.8. The van der Waals surface area contributed by atoms with Crippen molar-refractivity contribution in [1.82, 2.24) is 0 Å². The summed E-state index contributed by atoms with van der Waals surface area (Å²) in [5, 5.41) is 39.9. The molecule has 0 aromatic rings. The Bertz CT molecular complexity index is 1210. The van der Waals surface area contributed by atoms with Crippen LogP contribution in [0.2, 0.25) is 0 Å². The van der Waals surface area contributed by atoms with Crippen molar-refractivity contribution in [2.75, 3.05) is 13.2 Å². The first-order valence-corrected chi connectivity index (χ1v) is 24.7. The minimum absolute atomic E-state index is 0.171. The third kappa shape index (κ3) is 31.9. The van der Waals surface area contributed by atoms with Gasteiger partial charge in [0.1, 0.15) is 24.9 Å². The van der Waals surface area contributed by atoms with Gasteiger partial charge in [0.25, 0.3) is 0 Å². The lowest BCUT2D eigenvalue weighted by Gasteiger charge is -2.38. The Balaban J connectivity index is 2.34. The van der Waals surface area contributed by atoms with Crippen LogP contribution in [0.4, 0.5) is 0 Å². The number of carbonyl (C=O) groups is 3. The number of carboxylic acids is 1. The van der Waals surface area contributed by atoms with Gasteiger partial charge in [-0.3, -0.25) is 9.59 Å². The van der Waals surface area contributed by atoms with Gasteiger partial charge in [0, 0.05) is 12.8 Å². The van der Waals surface area contributed by atoms with Crippen LogP contribution in [0.1, 0.15) is 206 Å². The van der Waals surface area contributed by atoms with Crippen LogP contribution in [0, 0.1) is 0 Å². The number of carboxylic acid groups (broad SMARTS) is 1. The summed E-state index contributed by atoms with van der Waals surface area (Å²) in [6.45, 7) is 3.78. The minimum atomic E-state index is -1.86. The monoisotopic (exact) mass is 877 g/mol. The molecule has 0 aliphatic carbocycles. The van der Waals surface area contributed by atoms with E-state index in [0.29, 0.717) is 12.8 Å². The lowest BCUT2D eigenvalue weighted by Crippen LogP contribution is -2.60. The van der Waals surface area contributed by atoms with Gasteiger partial charge in [-0.15, -0.1) is 0 Å². The molecule has 11 nitrogen and oxygen atoms in total. The Morgan fingerprint density at radius 1 is 0.500 bits per heavy atom. The van der Waals surface area contributed by atoms with Crippen LogP contribution < -0.4 is 0 Å². The van der Waals surface area contributed by atoms with Gasteiger partial charge in [0.2, 0.25) is 0 Å².